The first-order chi connectivity index (χ1) is 7.74. The van der Waals surface area contributed by atoms with Crippen LogP contribution in [0.1, 0.15) is 12.0 Å². The maximum atomic E-state index is 12.9. The number of hydrogen-bond donors (Lipinski definition) is 2. The summed E-state index contributed by atoms with van der Waals surface area (Å²) in [6.45, 7) is 2.71. The molecule has 0 spiro atoms. The molecule has 90 valence electrons. The van der Waals surface area contributed by atoms with E-state index < -0.39 is 11.6 Å². The van der Waals surface area contributed by atoms with Gasteiger partial charge in [0.15, 0.2) is 11.6 Å². The molecule has 2 N–H and O–H groups in total. The zero-order valence-corrected chi connectivity index (χ0v) is 9.52. The Morgan fingerprint density at radius 2 is 1.88 bits per heavy atom. The van der Waals surface area contributed by atoms with E-state index in [-0.39, 0.29) is 0 Å². The fraction of sp³-hybridized carbons (Fsp3) is 0.500. The van der Waals surface area contributed by atoms with Crippen LogP contribution in [0.25, 0.3) is 0 Å². The molecule has 0 aliphatic rings. The molecule has 0 atom stereocenters. The molecular formula is C12H18F2N2. The third-order valence-corrected chi connectivity index (χ3v) is 2.35. The summed E-state index contributed by atoms with van der Waals surface area (Å²) in [6, 6.07) is 4.05. The minimum Gasteiger partial charge on any atom is -0.320 e. The molecule has 2 nitrogen and oxygen atoms in total. The summed E-state index contributed by atoms with van der Waals surface area (Å²) in [5, 5.41) is 6.31. The Hall–Kier alpha value is -1.00. The zero-order chi connectivity index (χ0) is 11.8. The first kappa shape index (κ1) is 13.1. The zero-order valence-electron chi connectivity index (χ0n) is 9.52. The number of rotatable bonds is 7. The molecule has 0 saturated carbocycles. The third-order valence-electron chi connectivity index (χ3n) is 2.35. The normalized spacial score (nSPS) is 10.7. The number of nitrogens with one attached hydrogen (secondary N) is 2. The van der Waals surface area contributed by atoms with Gasteiger partial charge in [0.1, 0.15) is 0 Å². The third kappa shape index (κ3) is 4.68. The lowest BCUT2D eigenvalue weighted by Gasteiger charge is -2.05. The van der Waals surface area contributed by atoms with E-state index in [1.807, 2.05) is 7.05 Å². The van der Waals surface area contributed by atoms with E-state index in [9.17, 15) is 8.78 Å². The summed E-state index contributed by atoms with van der Waals surface area (Å²) >= 11 is 0. The van der Waals surface area contributed by atoms with Crippen LogP contribution in [0.15, 0.2) is 18.2 Å². The van der Waals surface area contributed by atoms with Gasteiger partial charge in [0.25, 0.3) is 0 Å². The van der Waals surface area contributed by atoms with Crippen molar-refractivity contribution in [2.24, 2.45) is 0 Å². The van der Waals surface area contributed by atoms with E-state index in [2.05, 4.69) is 10.6 Å². The fourth-order valence-corrected chi connectivity index (χ4v) is 1.44. The second-order valence-electron chi connectivity index (χ2n) is 3.71. The first-order valence-corrected chi connectivity index (χ1v) is 5.53. The van der Waals surface area contributed by atoms with Crippen molar-refractivity contribution in [3.05, 3.63) is 35.4 Å². The summed E-state index contributed by atoms with van der Waals surface area (Å²) in [5.74, 6) is -1.56. The Morgan fingerprint density at radius 1 is 1.06 bits per heavy atom. The first-order valence-electron chi connectivity index (χ1n) is 5.53. The van der Waals surface area contributed by atoms with Crippen LogP contribution in [0, 0.1) is 11.6 Å². The summed E-state index contributed by atoms with van der Waals surface area (Å²) in [7, 11) is 1.92. The Morgan fingerprint density at radius 3 is 2.56 bits per heavy atom. The molecule has 1 aromatic carbocycles. The Bertz CT molecular complexity index is 316. The van der Waals surface area contributed by atoms with Gasteiger partial charge in [0.05, 0.1) is 0 Å². The second-order valence-corrected chi connectivity index (χ2v) is 3.71. The van der Waals surface area contributed by atoms with Crippen molar-refractivity contribution in [2.45, 2.75) is 12.8 Å². The quantitative estimate of drug-likeness (QED) is 0.694. The van der Waals surface area contributed by atoms with Crippen LogP contribution in [0.3, 0.4) is 0 Å². The van der Waals surface area contributed by atoms with Crippen LogP contribution in [0.2, 0.25) is 0 Å². The number of benzene rings is 1. The smallest absolute Gasteiger partial charge is 0.159 e. The lowest BCUT2D eigenvalue weighted by atomic mass is 10.1. The van der Waals surface area contributed by atoms with Crippen molar-refractivity contribution in [1.29, 1.82) is 0 Å². The molecule has 0 unspecified atom stereocenters. The van der Waals surface area contributed by atoms with Gasteiger partial charge < -0.3 is 10.6 Å². The number of halogens is 2. The van der Waals surface area contributed by atoms with Crippen molar-refractivity contribution in [3.8, 4) is 0 Å². The Labute approximate surface area is 95.1 Å². The van der Waals surface area contributed by atoms with Crippen LogP contribution in [-0.4, -0.2) is 26.7 Å². The summed E-state index contributed by atoms with van der Waals surface area (Å²) in [5.41, 5.74) is 0.819. The van der Waals surface area contributed by atoms with Crippen LogP contribution in [0.5, 0.6) is 0 Å². The van der Waals surface area contributed by atoms with Crippen LogP contribution >= 0.6 is 0 Å². The van der Waals surface area contributed by atoms with E-state index in [0.29, 0.717) is 0 Å². The topological polar surface area (TPSA) is 24.1 Å². The van der Waals surface area contributed by atoms with Gasteiger partial charge in [0.2, 0.25) is 0 Å². The minimum atomic E-state index is -0.786. The van der Waals surface area contributed by atoms with E-state index in [1.165, 1.54) is 12.1 Å². The SMILES string of the molecule is CNCCCNCCc1ccc(F)c(F)c1. The van der Waals surface area contributed by atoms with Gasteiger partial charge in [0, 0.05) is 0 Å². The predicted molar refractivity (Wildman–Crippen MR) is 61.5 cm³/mol. The van der Waals surface area contributed by atoms with Crippen molar-refractivity contribution < 1.29 is 8.78 Å². The highest BCUT2D eigenvalue weighted by molar-refractivity contribution is 5.17. The minimum absolute atomic E-state index is 0.719. The molecule has 1 rings (SSSR count). The van der Waals surface area contributed by atoms with Crippen LogP contribution in [0.4, 0.5) is 8.78 Å². The molecule has 0 saturated heterocycles. The molecule has 0 aromatic heterocycles. The van der Waals surface area contributed by atoms with E-state index in [1.54, 1.807) is 6.07 Å². The maximum Gasteiger partial charge on any atom is 0.159 e. The molecule has 16 heavy (non-hydrogen) atoms. The molecule has 4 heteroatoms. The van der Waals surface area contributed by atoms with E-state index in [4.69, 9.17) is 0 Å². The van der Waals surface area contributed by atoms with Crippen LogP contribution in [-0.2, 0) is 6.42 Å². The Balaban J connectivity index is 2.19. The van der Waals surface area contributed by atoms with Crippen molar-refractivity contribution >= 4 is 0 Å². The second kappa shape index (κ2) is 7.30. The monoisotopic (exact) mass is 228 g/mol. The van der Waals surface area contributed by atoms with Gasteiger partial charge in [-0.25, -0.2) is 8.78 Å². The van der Waals surface area contributed by atoms with Crippen molar-refractivity contribution in [3.63, 3.8) is 0 Å². The predicted octanol–water partition coefficient (Wildman–Crippen LogP) is 1.71. The molecule has 0 aliphatic carbocycles. The maximum absolute atomic E-state index is 12.9. The fourth-order valence-electron chi connectivity index (χ4n) is 1.44. The highest BCUT2D eigenvalue weighted by Crippen LogP contribution is 2.08. The standard InChI is InChI=1S/C12H18F2N2/c1-15-6-2-7-16-8-5-10-3-4-11(13)12(14)9-10/h3-4,9,15-16H,2,5-8H2,1H3. The van der Waals surface area contributed by atoms with E-state index in [0.717, 1.165) is 38.0 Å². The molecule has 0 bridgehead atoms. The van der Waals surface area contributed by atoms with Gasteiger partial charge in [-0.1, -0.05) is 6.07 Å². The van der Waals surface area contributed by atoms with Gasteiger partial charge in [-0.3, -0.25) is 0 Å². The van der Waals surface area contributed by atoms with Crippen molar-refractivity contribution in [2.75, 3.05) is 26.7 Å². The summed E-state index contributed by atoms with van der Waals surface area (Å²) < 4.78 is 25.5. The summed E-state index contributed by atoms with van der Waals surface area (Å²) in [6.07, 6.45) is 1.78. The highest BCUT2D eigenvalue weighted by atomic mass is 19.2. The lowest BCUT2D eigenvalue weighted by molar-refractivity contribution is 0.506. The Kier molecular flexibility index (Phi) is 5.96. The van der Waals surface area contributed by atoms with Crippen molar-refractivity contribution in [1.82, 2.24) is 10.6 Å². The highest BCUT2D eigenvalue weighted by Gasteiger charge is 2.01. The van der Waals surface area contributed by atoms with Gasteiger partial charge in [-0.15, -0.1) is 0 Å². The molecule has 0 radical (unpaired) electrons. The summed E-state index contributed by atoms with van der Waals surface area (Å²) in [4.78, 5) is 0. The molecular weight excluding hydrogens is 210 g/mol. The lowest BCUT2D eigenvalue weighted by Crippen LogP contribution is -2.22. The van der Waals surface area contributed by atoms with Gasteiger partial charge in [-0.2, -0.15) is 0 Å². The molecule has 1 aromatic rings. The molecule has 0 amide bonds. The average Bonchev–Trinajstić information content (AvgIpc) is 2.28. The molecule has 0 aliphatic heterocycles. The molecule has 0 fully saturated rings. The largest absolute Gasteiger partial charge is 0.320 e. The van der Waals surface area contributed by atoms with Gasteiger partial charge >= 0.3 is 0 Å². The van der Waals surface area contributed by atoms with Crippen LogP contribution < -0.4 is 10.6 Å². The number of hydrogen-bond acceptors (Lipinski definition) is 2. The molecule has 0 heterocycles. The van der Waals surface area contributed by atoms with Gasteiger partial charge in [-0.05, 0) is 57.2 Å². The average molecular weight is 228 g/mol. The van der Waals surface area contributed by atoms with E-state index >= 15 is 0 Å².